The summed E-state index contributed by atoms with van der Waals surface area (Å²) < 4.78 is 0. The molecule has 1 aliphatic carbocycles. The molecule has 5 aromatic rings. The molecule has 0 bridgehead atoms. The standard InChI is InChI=1S/C28H20N.C13H24O2.Ir/c1-28(2)23-15-7-12-19-11-6-14-21(26(19)23)27-24(28)17-22-20(13-8-16-25(22)29-27)18-9-4-3-5-10-18;1-5-10(6-2)12(14)9-13(15)11(7-3)8-4;/h3-13,15-17H,1-2H3;9-11,14H,5-8H2,1-4H3;/q-1;;/b;12-9-;. The summed E-state index contributed by atoms with van der Waals surface area (Å²) in [6.45, 7) is 12.7. The number of aliphatic hydroxyl groups excluding tert-OH is 1. The Kier molecular flexibility index (Phi) is 11.2. The van der Waals surface area contributed by atoms with E-state index in [1.807, 2.05) is 33.8 Å². The Labute approximate surface area is 282 Å². The van der Waals surface area contributed by atoms with Crippen LogP contribution in [-0.2, 0) is 30.3 Å². The van der Waals surface area contributed by atoms with E-state index in [1.54, 1.807) is 0 Å². The topological polar surface area (TPSA) is 50.2 Å². The molecule has 4 aromatic carbocycles. The van der Waals surface area contributed by atoms with Crippen LogP contribution in [0, 0.1) is 17.9 Å². The van der Waals surface area contributed by atoms with Crippen molar-refractivity contribution in [3.63, 3.8) is 0 Å². The van der Waals surface area contributed by atoms with Crippen molar-refractivity contribution < 1.29 is 30.0 Å². The van der Waals surface area contributed by atoms with Crippen molar-refractivity contribution in [1.82, 2.24) is 4.98 Å². The van der Waals surface area contributed by atoms with E-state index in [4.69, 9.17) is 4.98 Å². The Bertz CT molecular complexity index is 1810. The zero-order valence-corrected chi connectivity index (χ0v) is 29.7. The van der Waals surface area contributed by atoms with Crippen LogP contribution in [-0.4, -0.2) is 15.9 Å². The minimum atomic E-state index is -0.123. The fourth-order valence-corrected chi connectivity index (χ4v) is 6.64. The largest absolute Gasteiger partial charge is 0.512 e. The van der Waals surface area contributed by atoms with Gasteiger partial charge in [0.2, 0.25) is 0 Å². The minimum Gasteiger partial charge on any atom is -0.512 e. The molecule has 0 atom stereocenters. The molecule has 1 N–H and O–H groups in total. The third-order valence-corrected chi connectivity index (χ3v) is 9.45. The van der Waals surface area contributed by atoms with Gasteiger partial charge in [-0.2, -0.15) is 0 Å². The van der Waals surface area contributed by atoms with E-state index in [1.165, 1.54) is 44.5 Å². The first-order valence-corrected chi connectivity index (χ1v) is 16.1. The first-order chi connectivity index (χ1) is 21.2. The van der Waals surface area contributed by atoms with Crippen molar-refractivity contribution in [3.8, 4) is 22.4 Å². The van der Waals surface area contributed by atoms with Crippen LogP contribution in [0.5, 0.6) is 0 Å². The molecule has 0 spiro atoms. The molecular formula is C41H44IrNO2-. The molecule has 1 aromatic heterocycles. The first-order valence-electron chi connectivity index (χ1n) is 16.1. The number of allylic oxidation sites excluding steroid dienone is 2. The molecule has 0 amide bonds. The van der Waals surface area contributed by atoms with Gasteiger partial charge < -0.3 is 5.11 Å². The first kappa shape index (κ1) is 34.3. The number of hydrogen-bond donors (Lipinski definition) is 1. The van der Waals surface area contributed by atoms with Gasteiger partial charge >= 0.3 is 0 Å². The van der Waals surface area contributed by atoms with Crippen LogP contribution in [0.15, 0.2) is 96.8 Å². The summed E-state index contributed by atoms with van der Waals surface area (Å²) in [6.07, 6.45) is 4.91. The molecule has 6 rings (SSSR count). The fraction of sp³-hybridized carbons (Fsp3) is 0.317. The molecular weight excluding hydrogens is 731 g/mol. The Hall–Kier alpha value is -3.59. The molecule has 0 saturated carbocycles. The van der Waals surface area contributed by atoms with Gasteiger partial charge in [-0.15, -0.1) is 29.1 Å². The van der Waals surface area contributed by atoms with Crippen molar-refractivity contribution in [2.24, 2.45) is 11.8 Å². The van der Waals surface area contributed by atoms with Crippen molar-refractivity contribution in [3.05, 3.63) is 114 Å². The Morgan fingerprint density at radius 3 is 2.18 bits per heavy atom. The number of pyridine rings is 1. The molecule has 0 unspecified atom stereocenters. The zero-order valence-electron chi connectivity index (χ0n) is 27.3. The average Bonchev–Trinajstić information content (AvgIpc) is 3.04. The number of benzene rings is 4. The summed E-state index contributed by atoms with van der Waals surface area (Å²) in [5.41, 5.74) is 8.19. The molecule has 4 heteroatoms. The van der Waals surface area contributed by atoms with E-state index in [0.717, 1.165) is 42.5 Å². The zero-order chi connectivity index (χ0) is 31.4. The van der Waals surface area contributed by atoms with Crippen molar-refractivity contribution in [1.29, 1.82) is 0 Å². The quantitative estimate of drug-likeness (QED) is 0.0970. The molecule has 3 nitrogen and oxygen atoms in total. The maximum absolute atomic E-state index is 11.7. The van der Waals surface area contributed by atoms with Crippen molar-refractivity contribution in [2.45, 2.75) is 72.6 Å². The van der Waals surface area contributed by atoms with E-state index >= 15 is 0 Å². The van der Waals surface area contributed by atoms with E-state index in [-0.39, 0.29) is 48.9 Å². The number of hydrogen-bond acceptors (Lipinski definition) is 3. The van der Waals surface area contributed by atoms with Gasteiger partial charge in [-0.25, -0.2) is 0 Å². The van der Waals surface area contributed by atoms with Gasteiger partial charge in [0.1, 0.15) is 0 Å². The van der Waals surface area contributed by atoms with Crippen LogP contribution >= 0.6 is 0 Å². The number of carbonyl (C=O) groups is 1. The average molecular weight is 775 g/mol. The summed E-state index contributed by atoms with van der Waals surface area (Å²) in [4.78, 5) is 16.9. The molecule has 0 aliphatic heterocycles. The van der Waals surface area contributed by atoms with E-state index in [2.05, 4.69) is 98.8 Å². The molecule has 235 valence electrons. The third kappa shape index (κ3) is 6.69. The summed E-state index contributed by atoms with van der Waals surface area (Å²) in [7, 11) is 0. The van der Waals surface area contributed by atoms with Crippen molar-refractivity contribution in [2.75, 3.05) is 0 Å². The van der Waals surface area contributed by atoms with Gasteiger partial charge in [-0.05, 0) is 48.6 Å². The van der Waals surface area contributed by atoms with Gasteiger partial charge in [0.25, 0.3) is 0 Å². The molecule has 1 heterocycles. The molecule has 0 fully saturated rings. The van der Waals surface area contributed by atoms with Crippen LogP contribution < -0.4 is 0 Å². The van der Waals surface area contributed by atoms with Gasteiger partial charge in [0.05, 0.1) is 11.3 Å². The Balaban J connectivity index is 0.000000249. The summed E-state index contributed by atoms with van der Waals surface area (Å²) in [5.74, 6) is 0.547. The van der Waals surface area contributed by atoms with E-state index in [0.29, 0.717) is 0 Å². The van der Waals surface area contributed by atoms with Crippen LogP contribution in [0.25, 0.3) is 44.1 Å². The van der Waals surface area contributed by atoms with Gasteiger partial charge in [0.15, 0.2) is 5.78 Å². The summed E-state index contributed by atoms with van der Waals surface area (Å²) in [6, 6.07) is 33.7. The monoisotopic (exact) mass is 775 g/mol. The number of fused-ring (bicyclic) bond motifs is 3. The molecule has 0 saturated heterocycles. The smallest absolute Gasteiger partial charge is 0.162 e. The predicted molar refractivity (Wildman–Crippen MR) is 185 cm³/mol. The van der Waals surface area contributed by atoms with Gasteiger partial charge in [0, 0.05) is 48.8 Å². The Morgan fingerprint density at radius 2 is 1.51 bits per heavy atom. The van der Waals surface area contributed by atoms with Gasteiger partial charge in [-0.1, -0.05) is 125 Å². The second kappa shape index (κ2) is 14.7. The molecule has 1 aliphatic rings. The van der Waals surface area contributed by atoms with E-state index < -0.39 is 0 Å². The fourth-order valence-electron chi connectivity index (χ4n) is 6.64. The predicted octanol–water partition coefficient (Wildman–Crippen LogP) is 11.0. The summed E-state index contributed by atoms with van der Waals surface area (Å²) in [5, 5.41) is 13.5. The van der Waals surface area contributed by atoms with Gasteiger partial charge in [-0.3, -0.25) is 9.78 Å². The van der Waals surface area contributed by atoms with Crippen LogP contribution in [0.1, 0.15) is 78.4 Å². The molecule has 1 radical (unpaired) electrons. The summed E-state index contributed by atoms with van der Waals surface area (Å²) >= 11 is 0. The second-order valence-electron chi connectivity index (χ2n) is 12.4. The van der Waals surface area contributed by atoms with E-state index in [9.17, 15) is 9.90 Å². The minimum absolute atomic E-state index is 0. The number of aliphatic hydroxyl groups is 1. The number of ketones is 1. The van der Waals surface area contributed by atoms with Crippen LogP contribution in [0.4, 0.5) is 0 Å². The van der Waals surface area contributed by atoms with Crippen molar-refractivity contribution >= 4 is 27.5 Å². The number of aromatic nitrogens is 1. The molecule has 45 heavy (non-hydrogen) atoms. The second-order valence-corrected chi connectivity index (χ2v) is 12.4. The number of nitrogens with zero attached hydrogens (tertiary/aromatic N) is 1. The van der Waals surface area contributed by atoms with Crippen LogP contribution in [0.2, 0.25) is 0 Å². The maximum atomic E-state index is 11.7. The third-order valence-electron chi connectivity index (χ3n) is 9.45. The number of carbonyl (C=O) groups excluding carboxylic acids is 1. The Morgan fingerprint density at radius 1 is 0.844 bits per heavy atom. The normalized spacial score (nSPS) is 13.3. The maximum Gasteiger partial charge on any atom is 0.162 e. The SMILES string of the molecule is CC1(C)c2cc3c(-c4ccccc4)cccc3nc2-c2[c-]ccc3cccc1c23.CCC(CC)C(=O)/C=C(\O)C(CC)CC.[Ir]. The van der Waals surface area contributed by atoms with Crippen LogP contribution in [0.3, 0.4) is 0 Å². The number of rotatable bonds is 8.